The molecule has 0 fully saturated rings. The quantitative estimate of drug-likeness (QED) is 0.0615. The van der Waals surface area contributed by atoms with Crippen LogP contribution in [0.15, 0.2) is 0 Å². The zero-order valence-electron chi connectivity index (χ0n) is 41.7. The molecule has 360 valence electrons. The van der Waals surface area contributed by atoms with E-state index in [-0.39, 0.29) is 23.4 Å². The number of hydrogen-bond donors (Lipinski definition) is 1. The van der Waals surface area contributed by atoms with Gasteiger partial charge in [-0.05, 0) is 52.9 Å². The van der Waals surface area contributed by atoms with Crippen molar-refractivity contribution in [3.05, 3.63) is 0 Å². The maximum Gasteiger partial charge on any atom is 0.407 e. The number of unbranched alkanes of at least 4 members (excludes halogenated alkanes) is 30. The van der Waals surface area contributed by atoms with Gasteiger partial charge in [0.15, 0.2) is 0 Å². The van der Waals surface area contributed by atoms with Gasteiger partial charge in [0.05, 0.1) is 37.1 Å². The Balaban J connectivity index is 4.26. The van der Waals surface area contributed by atoms with Gasteiger partial charge in [-0.2, -0.15) is 0 Å². The van der Waals surface area contributed by atoms with Gasteiger partial charge in [-0.25, -0.2) is 4.79 Å². The van der Waals surface area contributed by atoms with Crippen molar-refractivity contribution >= 4 is 6.09 Å². The zero-order chi connectivity index (χ0) is 44.1. The molecule has 0 aliphatic heterocycles. The number of rotatable bonds is 49. The summed E-state index contributed by atoms with van der Waals surface area (Å²) in [6.45, 7) is 16.5. The molecule has 0 aliphatic rings. The van der Waals surface area contributed by atoms with Crippen molar-refractivity contribution in [3.63, 3.8) is 0 Å². The number of alkyl carbamates (subject to hydrolysis) is 1. The minimum absolute atomic E-state index is 0.0524. The van der Waals surface area contributed by atoms with Crippen molar-refractivity contribution in [2.45, 2.75) is 290 Å². The molecular formula is C53H107NO6. The Morgan fingerprint density at radius 3 is 1.30 bits per heavy atom. The number of carbonyl (C=O) groups excluding carboxylic acids is 1. The van der Waals surface area contributed by atoms with Crippen LogP contribution in [-0.2, 0) is 23.7 Å². The molecule has 2 unspecified atom stereocenters. The Morgan fingerprint density at radius 2 is 0.900 bits per heavy atom. The molecule has 0 saturated carbocycles. The average Bonchev–Trinajstić information content (AvgIpc) is 3.23. The van der Waals surface area contributed by atoms with E-state index in [1.807, 2.05) is 0 Å². The highest BCUT2D eigenvalue weighted by molar-refractivity contribution is 5.67. The largest absolute Gasteiger partial charge is 0.449 e. The first-order valence-corrected chi connectivity index (χ1v) is 26.5. The molecule has 0 aromatic carbocycles. The smallest absolute Gasteiger partial charge is 0.407 e. The van der Waals surface area contributed by atoms with Gasteiger partial charge < -0.3 is 29.0 Å². The van der Waals surface area contributed by atoms with Crippen LogP contribution in [0, 0.1) is 0 Å². The third-order valence-corrected chi connectivity index (χ3v) is 12.8. The second kappa shape index (κ2) is 44.7. The predicted molar refractivity (Wildman–Crippen MR) is 259 cm³/mol. The number of nitrogens with one attached hydrogen (secondary N) is 1. The Labute approximate surface area is 375 Å². The van der Waals surface area contributed by atoms with E-state index < -0.39 is 0 Å². The third kappa shape index (κ3) is 42.4. The van der Waals surface area contributed by atoms with E-state index in [1.54, 1.807) is 7.11 Å². The van der Waals surface area contributed by atoms with Gasteiger partial charge >= 0.3 is 6.09 Å². The van der Waals surface area contributed by atoms with Crippen LogP contribution in [0.4, 0.5) is 4.79 Å². The molecule has 0 heterocycles. The summed E-state index contributed by atoms with van der Waals surface area (Å²) in [6.07, 6.45) is 46.5. The van der Waals surface area contributed by atoms with Crippen molar-refractivity contribution in [1.29, 1.82) is 0 Å². The van der Waals surface area contributed by atoms with Gasteiger partial charge in [-0.15, -0.1) is 0 Å². The summed E-state index contributed by atoms with van der Waals surface area (Å²) in [7, 11) is 1.76. The van der Waals surface area contributed by atoms with Gasteiger partial charge in [-0.1, -0.05) is 213 Å². The van der Waals surface area contributed by atoms with E-state index in [9.17, 15) is 4.79 Å². The lowest BCUT2D eigenvalue weighted by atomic mass is 9.99. The lowest BCUT2D eigenvalue weighted by Crippen LogP contribution is -2.35. The zero-order valence-corrected chi connectivity index (χ0v) is 41.7. The van der Waals surface area contributed by atoms with Crippen molar-refractivity contribution < 1.29 is 28.5 Å². The Bertz CT molecular complexity index is 864. The first-order chi connectivity index (χ1) is 29.2. The van der Waals surface area contributed by atoms with Crippen LogP contribution in [-0.4, -0.2) is 70.1 Å². The van der Waals surface area contributed by atoms with Gasteiger partial charge in [0.1, 0.15) is 0 Å². The molecule has 0 radical (unpaired) electrons. The minimum atomic E-state index is -0.380. The van der Waals surface area contributed by atoms with Crippen LogP contribution < -0.4 is 5.32 Å². The van der Waals surface area contributed by atoms with Crippen LogP contribution in [0.1, 0.15) is 273 Å². The van der Waals surface area contributed by atoms with Gasteiger partial charge in [-0.3, -0.25) is 0 Å². The molecule has 60 heavy (non-hydrogen) atoms. The highest BCUT2D eigenvalue weighted by Gasteiger charge is 2.24. The number of ether oxygens (including phenoxy) is 5. The van der Waals surface area contributed by atoms with E-state index in [0.29, 0.717) is 39.2 Å². The fourth-order valence-electron chi connectivity index (χ4n) is 7.92. The summed E-state index contributed by atoms with van der Waals surface area (Å²) in [5.74, 6) is 0. The van der Waals surface area contributed by atoms with Crippen molar-refractivity contribution in [3.8, 4) is 0 Å². The molecule has 0 aliphatic carbocycles. The summed E-state index contributed by atoms with van der Waals surface area (Å²) >= 11 is 0. The van der Waals surface area contributed by atoms with Crippen LogP contribution >= 0.6 is 0 Å². The fraction of sp³-hybridized carbons (Fsp3) is 0.981. The molecule has 7 nitrogen and oxygen atoms in total. The standard InChI is InChI=1S/C53H107NO6/c1-8-11-13-15-17-19-21-23-25-27-29-31-33-35-37-39-45-57-49-50(58-46-40-38-36-34-32-30-28-26-24-22-20-18-16-14-12-9-2)41-47-59-51(55)54-44-42-52(4,5)60-48-43-53(6,10-3)56-7/h50H,8-49H2,1-7H3,(H,54,55). The molecule has 0 bridgehead atoms. The lowest BCUT2D eigenvalue weighted by molar-refractivity contribution is -0.0681. The predicted octanol–water partition coefficient (Wildman–Crippen LogP) is 16.4. The molecule has 2 atom stereocenters. The Hall–Kier alpha value is -0.890. The average molecular weight is 854 g/mol. The SMILES string of the molecule is CCCCCCCCCCCCCCCCCCOCC(CCOC(=O)NCCC(C)(C)OCCC(C)(CC)OC)OCCCCCCCCCCCCCCCCCC. The number of methoxy groups -OCH3 is 1. The number of amides is 1. The highest BCUT2D eigenvalue weighted by atomic mass is 16.6. The number of hydrogen-bond acceptors (Lipinski definition) is 6. The molecule has 0 aromatic heterocycles. The van der Waals surface area contributed by atoms with Gasteiger partial charge in [0.2, 0.25) is 0 Å². The molecule has 0 rings (SSSR count). The highest BCUT2D eigenvalue weighted by Crippen LogP contribution is 2.22. The van der Waals surface area contributed by atoms with Crippen molar-refractivity contribution in [2.24, 2.45) is 0 Å². The Kier molecular flexibility index (Phi) is 44.0. The topological polar surface area (TPSA) is 75.3 Å². The van der Waals surface area contributed by atoms with Crippen molar-refractivity contribution in [1.82, 2.24) is 5.32 Å². The molecule has 7 heteroatoms. The third-order valence-electron chi connectivity index (χ3n) is 12.8. The summed E-state index contributed by atoms with van der Waals surface area (Å²) < 4.78 is 29.8. The van der Waals surface area contributed by atoms with E-state index in [1.165, 1.54) is 193 Å². The summed E-state index contributed by atoms with van der Waals surface area (Å²) in [4.78, 5) is 12.5. The minimum Gasteiger partial charge on any atom is -0.449 e. The maximum atomic E-state index is 12.5. The molecule has 0 spiro atoms. The van der Waals surface area contributed by atoms with Crippen LogP contribution in [0.2, 0.25) is 0 Å². The molecule has 1 amide bonds. The molecular weight excluding hydrogens is 747 g/mol. The maximum absolute atomic E-state index is 12.5. The summed E-state index contributed by atoms with van der Waals surface area (Å²) in [5.41, 5.74) is -0.507. The van der Waals surface area contributed by atoms with E-state index in [0.717, 1.165) is 38.9 Å². The monoisotopic (exact) mass is 854 g/mol. The van der Waals surface area contributed by atoms with Gasteiger partial charge in [0.25, 0.3) is 0 Å². The van der Waals surface area contributed by atoms with Crippen LogP contribution in [0.25, 0.3) is 0 Å². The van der Waals surface area contributed by atoms with Crippen LogP contribution in [0.5, 0.6) is 0 Å². The summed E-state index contributed by atoms with van der Waals surface area (Å²) in [6, 6.07) is 0. The second-order valence-electron chi connectivity index (χ2n) is 19.1. The van der Waals surface area contributed by atoms with E-state index in [2.05, 4.69) is 46.9 Å². The molecule has 1 N–H and O–H groups in total. The Morgan fingerprint density at radius 1 is 0.500 bits per heavy atom. The second-order valence-corrected chi connectivity index (χ2v) is 19.1. The molecule has 0 aromatic rings. The fourth-order valence-corrected chi connectivity index (χ4v) is 7.92. The summed E-state index contributed by atoms with van der Waals surface area (Å²) in [5, 5.41) is 2.91. The normalized spacial score (nSPS) is 13.4. The number of carbonyl (C=O) groups is 1. The van der Waals surface area contributed by atoms with Gasteiger partial charge in [0, 0.05) is 33.3 Å². The van der Waals surface area contributed by atoms with Crippen LogP contribution in [0.3, 0.4) is 0 Å². The first kappa shape index (κ1) is 59.1. The van der Waals surface area contributed by atoms with E-state index >= 15 is 0 Å². The molecule has 0 saturated heterocycles. The first-order valence-electron chi connectivity index (χ1n) is 26.5. The lowest BCUT2D eigenvalue weighted by Gasteiger charge is -2.30. The van der Waals surface area contributed by atoms with Crippen molar-refractivity contribution in [2.75, 3.05) is 46.7 Å². The van der Waals surface area contributed by atoms with E-state index in [4.69, 9.17) is 23.7 Å².